The Kier molecular flexibility index (Phi) is 3.98. The second kappa shape index (κ2) is 5.86. The summed E-state index contributed by atoms with van der Waals surface area (Å²) < 4.78 is 5.26. The van der Waals surface area contributed by atoms with Gasteiger partial charge in [0.05, 0.1) is 12.7 Å². The molecule has 0 aliphatic carbocycles. The zero-order chi connectivity index (χ0) is 14.5. The van der Waals surface area contributed by atoms with E-state index in [9.17, 15) is 5.26 Å². The van der Waals surface area contributed by atoms with Gasteiger partial charge in [0.2, 0.25) is 0 Å². The Morgan fingerprint density at radius 3 is 2.70 bits per heavy atom. The number of methoxy groups -OCH3 is 1. The highest BCUT2D eigenvalue weighted by atomic mass is 16.5. The van der Waals surface area contributed by atoms with Gasteiger partial charge in [0.15, 0.2) is 0 Å². The first-order valence-corrected chi connectivity index (χ1v) is 5.83. The van der Waals surface area contributed by atoms with E-state index in [1.165, 1.54) is 6.33 Å². The van der Waals surface area contributed by atoms with E-state index in [2.05, 4.69) is 26.8 Å². The predicted octanol–water partition coefficient (Wildman–Crippen LogP) is 1.69. The SMILES string of the molecule is COc1cccc(C#N)c1Nc1ncnc(NN)c1C. The molecule has 0 radical (unpaired) electrons. The highest BCUT2D eigenvalue weighted by molar-refractivity contribution is 5.74. The van der Waals surface area contributed by atoms with Gasteiger partial charge in [-0.05, 0) is 19.1 Å². The summed E-state index contributed by atoms with van der Waals surface area (Å²) in [7, 11) is 1.54. The fourth-order valence-corrected chi connectivity index (χ4v) is 1.76. The third kappa shape index (κ3) is 2.46. The third-order valence-electron chi connectivity index (χ3n) is 2.83. The van der Waals surface area contributed by atoms with Crippen molar-refractivity contribution in [1.29, 1.82) is 5.26 Å². The fourth-order valence-electron chi connectivity index (χ4n) is 1.76. The van der Waals surface area contributed by atoms with Crippen LogP contribution in [0, 0.1) is 18.3 Å². The van der Waals surface area contributed by atoms with E-state index in [1.807, 2.05) is 6.92 Å². The molecule has 0 bridgehead atoms. The predicted molar refractivity (Wildman–Crippen MR) is 75.6 cm³/mol. The number of hydrogen-bond donors (Lipinski definition) is 3. The number of benzene rings is 1. The standard InChI is InChI=1S/C13H14N6O/c1-8-12(16-7-17-13(8)19-15)18-11-9(6-14)4-3-5-10(11)20-2/h3-5,7H,15H2,1-2H3,(H2,16,17,18,19). The van der Waals surface area contributed by atoms with Gasteiger partial charge in [0, 0.05) is 5.56 Å². The van der Waals surface area contributed by atoms with Gasteiger partial charge in [0.25, 0.3) is 0 Å². The number of hydrazine groups is 1. The van der Waals surface area contributed by atoms with Crippen LogP contribution >= 0.6 is 0 Å². The van der Waals surface area contributed by atoms with Crippen molar-refractivity contribution in [3.63, 3.8) is 0 Å². The van der Waals surface area contributed by atoms with Crippen LogP contribution in [0.5, 0.6) is 5.75 Å². The number of anilines is 3. The summed E-state index contributed by atoms with van der Waals surface area (Å²) in [5, 5.41) is 12.3. The summed E-state index contributed by atoms with van der Waals surface area (Å²) >= 11 is 0. The summed E-state index contributed by atoms with van der Waals surface area (Å²) in [6, 6.07) is 7.33. The molecule has 1 heterocycles. The number of nitrogens with zero attached hydrogens (tertiary/aromatic N) is 3. The first-order valence-electron chi connectivity index (χ1n) is 5.83. The molecule has 102 valence electrons. The second-order valence-corrected chi connectivity index (χ2v) is 3.96. The van der Waals surface area contributed by atoms with E-state index in [1.54, 1.807) is 25.3 Å². The Morgan fingerprint density at radius 1 is 1.30 bits per heavy atom. The minimum atomic E-state index is 0.463. The lowest BCUT2D eigenvalue weighted by Crippen LogP contribution is -2.12. The lowest BCUT2D eigenvalue weighted by molar-refractivity contribution is 0.416. The van der Waals surface area contributed by atoms with Gasteiger partial charge in [-0.25, -0.2) is 15.8 Å². The molecule has 7 nitrogen and oxygen atoms in total. The number of aromatic nitrogens is 2. The number of para-hydroxylation sites is 1. The van der Waals surface area contributed by atoms with Gasteiger partial charge in [-0.3, -0.25) is 0 Å². The van der Waals surface area contributed by atoms with Crippen LogP contribution in [0.4, 0.5) is 17.3 Å². The van der Waals surface area contributed by atoms with E-state index in [4.69, 9.17) is 10.6 Å². The van der Waals surface area contributed by atoms with Gasteiger partial charge in [-0.2, -0.15) is 5.26 Å². The molecule has 4 N–H and O–H groups in total. The average Bonchev–Trinajstić information content (AvgIpc) is 2.49. The molecule has 20 heavy (non-hydrogen) atoms. The minimum absolute atomic E-state index is 0.463. The quantitative estimate of drug-likeness (QED) is 0.573. The molecule has 0 fully saturated rings. The van der Waals surface area contributed by atoms with Gasteiger partial charge in [-0.1, -0.05) is 6.07 Å². The lowest BCUT2D eigenvalue weighted by atomic mass is 10.1. The lowest BCUT2D eigenvalue weighted by Gasteiger charge is -2.14. The average molecular weight is 270 g/mol. The van der Waals surface area contributed by atoms with Crippen LogP contribution < -0.4 is 21.3 Å². The van der Waals surface area contributed by atoms with Crippen molar-refractivity contribution in [3.8, 4) is 11.8 Å². The van der Waals surface area contributed by atoms with E-state index in [0.29, 0.717) is 28.6 Å². The number of ether oxygens (including phenoxy) is 1. The highest BCUT2D eigenvalue weighted by Crippen LogP contribution is 2.31. The van der Waals surface area contributed by atoms with Crippen molar-refractivity contribution in [1.82, 2.24) is 9.97 Å². The van der Waals surface area contributed by atoms with Crippen molar-refractivity contribution in [2.24, 2.45) is 5.84 Å². The fraction of sp³-hybridized carbons (Fsp3) is 0.154. The molecule has 0 aliphatic rings. The topological polar surface area (TPSA) is 109 Å². The maximum Gasteiger partial charge on any atom is 0.148 e. The Hall–Kier alpha value is -2.85. The third-order valence-corrected chi connectivity index (χ3v) is 2.83. The maximum absolute atomic E-state index is 9.18. The molecule has 2 rings (SSSR count). The Labute approximate surface area is 116 Å². The molecule has 1 aromatic carbocycles. The minimum Gasteiger partial charge on any atom is -0.495 e. The van der Waals surface area contributed by atoms with Gasteiger partial charge >= 0.3 is 0 Å². The summed E-state index contributed by atoms with van der Waals surface area (Å²) in [5.74, 6) is 7.00. The molecular formula is C13H14N6O. The van der Waals surface area contributed by atoms with E-state index < -0.39 is 0 Å². The largest absolute Gasteiger partial charge is 0.495 e. The first kappa shape index (κ1) is 13.6. The second-order valence-electron chi connectivity index (χ2n) is 3.96. The number of rotatable bonds is 4. The molecule has 7 heteroatoms. The van der Waals surface area contributed by atoms with Gasteiger partial charge in [-0.15, -0.1) is 0 Å². The Balaban J connectivity index is 2.48. The molecule has 2 aromatic rings. The molecule has 0 atom stereocenters. The maximum atomic E-state index is 9.18. The molecule has 0 saturated carbocycles. The molecule has 1 aromatic heterocycles. The van der Waals surface area contributed by atoms with Crippen molar-refractivity contribution >= 4 is 17.3 Å². The zero-order valence-electron chi connectivity index (χ0n) is 11.1. The number of nitrogens with two attached hydrogens (primary N) is 1. The van der Waals surface area contributed by atoms with Crippen LogP contribution in [0.25, 0.3) is 0 Å². The van der Waals surface area contributed by atoms with Crippen LogP contribution in [-0.2, 0) is 0 Å². The Morgan fingerprint density at radius 2 is 2.05 bits per heavy atom. The van der Waals surface area contributed by atoms with Gasteiger partial charge in [0.1, 0.15) is 35.5 Å². The smallest absolute Gasteiger partial charge is 0.148 e. The van der Waals surface area contributed by atoms with Crippen molar-refractivity contribution in [2.75, 3.05) is 17.9 Å². The van der Waals surface area contributed by atoms with Crippen LogP contribution in [-0.4, -0.2) is 17.1 Å². The summed E-state index contributed by atoms with van der Waals surface area (Å²) in [6.07, 6.45) is 1.38. The Bertz CT molecular complexity index is 664. The van der Waals surface area contributed by atoms with Crippen LogP contribution in [0.1, 0.15) is 11.1 Å². The first-order chi connectivity index (χ1) is 9.71. The van der Waals surface area contributed by atoms with Crippen LogP contribution in [0.2, 0.25) is 0 Å². The molecule has 0 spiro atoms. The molecule has 0 aliphatic heterocycles. The zero-order valence-corrected chi connectivity index (χ0v) is 11.1. The monoisotopic (exact) mass is 270 g/mol. The molecule has 0 unspecified atom stereocenters. The van der Waals surface area contributed by atoms with Crippen LogP contribution in [0.15, 0.2) is 24.5 Å². The number of nitriles is 1. The van der Waals surface area contributed by atoms with Crippen molar-refractivity contribution in [2.45, 2.75) is 6.92 Å². The van der Waals surface area contributed by atoms with E-state index >= 15 is 0 Å². The van der Waals surface area contributed by atoms with Crippen molar-refractivity contribution < 1.29 is 4.74 Å². The van der Waals surface area contributed by atoms with Crippen LogP contribution in [0.3, 0.4) is 0 Å². The van der Waals surface area contributed by atoms with E-state index in [0.717, 1.165) is 5.56 Å². The number of nitrogen functional groups attached to an aromatic ring is 1. The normalized spacial score (nSPS) is 9.70. The molecular weight excluding hydrogens is 256 g/mol. The summed E-state index contributed by atoms with van der Waals surface area (Å²) in [4.78, 5) is 8.15. The molecule has 0 amide bonds. The van der Waals surface area contributed by atoms with E-state index in [-0.39, 0.29) is 0 Å². The number of nitrogens with one attached hydrogen (secondary N) is 2. The summed E-state index contributed by atoms with van der Waals surface area (Å²) in [6.45, 7) is 1.82. The summed E-state index contributed by atoms with van der Waals surface area (Å²) in [5.41, 5.74) is 4.25. The highest BCUT2D eigenvalue weighted by Gasteiger charge is 2.12. The van der Waals surface area contributed by atoms with Crippen molar-refractivity contribution in [3.05, 3.63) is 35.7 Å². The molecule has 0 saturated heterocycles. The van der Waals surface area contributed by atoms with Gasteiger partial charge < -0.3 is 15.5 Å². The number of hydrogen-bond acceptors (Lipinski definition) is 7.